The van der Waals surface area contributed by atoms with Crippen molar-refractivity contribution < 1.29 is 19.1 Å². The van der Waals surface area contributed by atoms with Crippen molar-refractivity contribution >= 4 is 23.4 Å². The molecule has 0 saturated carbocycles. The fraction of sp³-hybridized carbons (Fsp3) is 0.500. The minimum Gasteiger partial charge on any atom is -0.484 e. The predicted molar refractivity (Wildman–Crippen MR) is 185 cm³/mol. The van der Waals surface area contributed by atoms with Crippen molar-refractivity contribution in [3.63, 3.8) is 0 Å². The Morgan fingerprint density at radius 1 is 0.980 bits per heavy atom. The Balaban J connectivity index is 1.13. The third-order valence-corrected chi connectivity index (χ3v) is 8.99. The molecule has 1 aliphatic heterocycles. The molecule has 3 aromatic heterocycles. The molecule has 2 aliphatic rings. The van der Waals surface area contributed by atoms with Gasteiger partial charge < -0.3 is 20.1 Å². The molecule has 13 nitrogen and oxygen atoms in total. The van der Waals surface area contributed by atoms with Crippen molar-refractivity contribution in [1.82, 2.24) is 40.1 Å². The Labute approximate surface area is 287 Å². The zero-order valence-electron chi connectivity index (χ0n) is 29.4. The number of pyridine rings is 1. The van der Waals surface area contributed by atoms with E-state index in [1.54, 1.807) is 6.07 Å². The number of aromatic nitrogens is 5. The summed E-state index contributed by atoms with van der Waals surface area (Å²) in [6.45, 7) is 16.1. The maximum Gasteiger partial charge on any atom is 0.320 e. The zero-order chi connectivity index (χ0) is 34.9. The lowest BCUT2D eigenvalue weighted by molar-refractivity contribution is -0.163. The van der Waals surface area contributed by atoms with Crippen LogP contribution in [0.1, 0.15) is 113 Å². The molecule has 49 heavy (non-hydrogen) atoms. The van der Waals surface area contributed by atoms with Gasteiger partial charge in [-0.15, -0.1) is 10.2 Å². The SMILES string of the molecule is CC(CCNC(=O)c1nc(NC(=O)N[C@H]2CC[C@@H](Oc3ccc4nnc(C(C)(C)C)n4c3)c3ccccc32)cc(C(C)(C)C)n1)N1COC1. The van der Waals surface area contributed by atoms with Crippen molar-refractivity contribution in [2.45, 2.75) is 96.7 Å². The number of ether oxygens (including phenoxy) is 2. The topological polar surface area (TPSA) is 148 Å². The van der Waals surface area contributed by atoms with Crippen molar-refractivity contribution in [2.24, 2.45) is 0 Å². The highest BCUT2D eigenvalue weighted by Gasteiger charge is 2.30. The second-order valence-electron chi connectivity index (χ2n) is 15.0. The summed E-state index contributed by atoms with van der Waals surface area (Å²) in [6.07, 6.45) is 3.89. The molecule has 4 heterocycles. The Hall–Kier alpha value is -4.62. The van der Waals surface area contributed by atoms with Gasteiger partial charge in [0, 0.05) is 29.5 Å². The van der Waals surface area contributed by atoms with Gasteiger partial charge in [-0.25, -0.2) is 14.8 Å². The molecule has 6 rings (SSSR count). The third-order valence-electron chi connectivity index (χ3n) is 8.99. The number of nitrogens with one attached hydrogen (secondary N) is 3. The molecule has 1 aromatic carbocycles. The minimum absolute atomic E-state index is 0.0185. The van der Waals surface area contributed by atoms with E-state index >= 15 is 0 Å². The number of rotatable bonds is 9. The first-order valence-electron chi connectivity index (χ1n) is 16.9. The Morgan fingerprint density at radius 3 is 2.43 bits per heavy atom. The number of hydrogen-bond donors (Lipinski definition) is 3. The second-order valence-corrected chi connectivity index (χ2v) is 15.0. The first-order valence-corrected chi connectivity index (χ1v) is 16.9. The molecule has 3 amide bonds. The number of hydrogen-bond acceptors (Lipinski definition) is 9. The molecular weight excluding hydrogens is 622 g/mol. The summed E-state index contributed by atoms with van der Waals surface area (Å²) >= 11 is 0. The Morgan fingerprint density at radius 2 is 1.73 bits per heavy atom. The van der Waals surface area contributed by atoms with Crippen LogP contribution < -0.4 is 20.7 Å². The van der Waals surface area contributed by atoms with Gasteiger partial charge in [-0.3, -0.25) is 19.4 Å². The van der Waals surface area contributed by atoms with E-state index < -0.39 is 6.03 Å². The van der Waals surface area contributed by atoms with Crippen LogP contribution in [0, 0.1) is 0 Å². The molecule has 13 heteroatoms. The molecule has 4 aromatic rings. The minimum atomic E-state index is -0.414. The standard InChI is InChI=1S/C36H47N9O4/c1-22(44-20-48-21-44)16-17-37-32(46)31-39-28(35(2,3)4)18-29(40-31)41-34(47)38-26-13-14-27(25-11-9-8-10-24(25)26)49-23-12-15-30-42-43-33(36(5,6)7)45(30)19-23/h8-12,15,18-19,22,26-27H,13-14,16-17,20-21H2,1-7H3,(H,37,46)(H2,38,39,40,41,47)/t22?,26-,27+/m0/s1. The molecule has 1 fully saturated rings. The molecule has 0 radical (unpaired) electrons. The van der Waals surface area contributed by atoms with Gasteiger partial charge in [-0.05, 0) is 49.4 Å². The first kappa shape index (κ1) is 34.3. The molecular formula is C36H47N9O4. The number of urea groups is 1. The highest BCUT2D eigenvalue weighted by molar-refractivity contribution is 5.92. The highest BCUT2D eigenvalue weighted by atomic mass is 16.5. The van der Waals surface area contributed by atoms with E-state index in [9.17, 15) is 9.59 Å². The summed E-state index contributed by atoms with van der Waals surface area (Å²) < 4.78 is 13.8. The third kappa shape index (κ3) is 7.83. The van der Waals surface area contributed by atoms with E-state index in [1.165, 1.54) is 0 Å². The largest absolute Gasteiger partial charge is 0.484 e. The van der Waals surface area contributed by atoms with Crippen LogP contribution in [0.15, 0.2) is 48.7 Å². The normalized spacial score (nSPS) is 18.7. The van der Waals surface area contributed by atoms with Gasteiger partial charge in [-0.1, -0.05) is 65.8 Å². The van der Waals surface area contributed by atoms with Crippen LogP contribution in [0.5, 0.6) is 5.75 Å². The van der Waals surface area contributed by atoms with E-state index in [1.807, 2.05) is 67.8 Å². The van der Waals surface area contributed by atoms with Crippen molar-refractivity contribution in [1.29, 1.82) is 0 Å². The van der Waals surface area contributed by atoms with Crippen LogP contribution in [-0.4, -0.2) is 67.5 Å². The smallest absolute Gasteiger partial charge is 0.320 e. The van der Waals surface area contributed by atoms with Crippen molar-refractivity contribution in [3.8, 4) is 5.75 Å². The van der Waals surface area contributed by atoms with E-state index in [2.05, 4.69) is 68.7 Å². The fourth-order valence-electron chi connectivity index (χ4n) is 6.05. The van der Waals surface area contributed by atoms with Crippen LogP contribution in [0.3, 0.4) is 0 Å². The van der Waals surface area contributed by atoms with Crippen LogP contribution in [-0.2, 0) is 15.6 Å². The molecule has 1 aliphatic carbocycles. The summed E-state index contributed by atoms with van der Waals surface area (Å²) in [5.41, 5.74) is 2.88. The number of carbonyl (C=O) groups is 2. The van der Waals surface area contributed by atoms with E-state index in [-0.39, 0.29) is 46.6 Å². The number of nitrogens with zero attached hydrogens (tertiary/aromatic N) is 6. The van der Waals surface area contributed by atoms with Gasteiger partial charge in [0.2, 0.25) is 5.82 Å². The zero-order valence-corrected chi connectivity index (χ0v) is 29.4. The van der Waals surface area contributed by atoms with E-state index in [0.29, 0.717) is 38.5 Å². The van der Waals surface area contributed by atoms with Crippen molar-refractivity contribution in [2.75, 3.05) is 25.3 Å². The monoisotopic (exact) mass is 669 g/mol. The predicted octanol–water partition coefficient (Wildman–Crippen LogP) is 5.65. The lowest BCUT2D eigenvalue weighted by Crippen LogP contribution is -2.46. The van der Waals surface area contributed by atoms with Gasteiger partial charge in [0.05, 0.1) is 17.9 Å². The molecule has 3 N–H and O–H groups in total. The summed E-state index contributed by atoms with van der Waals surface area (Å²) in [5.74, 6) is 1.48. The molecule has 1 saturated heterocycles. The second kappa shape index (κ2) is 13.7. The fourth-order valence-corrected chi connectivity index (χ4v) is 6.05. The summed E-state index contributed by atoms with van der Waals surface area (Å²) in [7, 11) is 0. The van der Waals surface area contributed by atoms with Gasteiger partial charge in [0.1, 0.15) is 37.0 Å². The number of fused-ring (bicyclic) bond motifs is 2. The number of anilines is 1. The van der Waals surface area contributed by atoms with E-state index in [4.69, 9.17) is 9.47 Å². The number of amides is 3. The van der Waals surface area contributed by atoms with Crippen LogP contribution >= 0.6 is 0 Å². The van der Waals surface area contributed by atoms with Crippen LogP contribution in [0.4, 0.5) is 10.6 Å². The average Bonchev–Trinajstić information content (AvgIpc) is 3.45. The quantitative estimate of drug-likeness (QED) is 0.206. The number of benzene rings is 1. The lowest BCUT2D eigenvalue weighted by Gasteiger charge is -2.36. The molecule has 260 valence electrons. The first-order chi connectivity index (χ1) is 23.3. The van der Waals surface area contributed by atoms with Gasteiger partial charge in [0.25, 0.3) is 5.91 Å². The average molecular weight is 670 g/mol. The van der Waals surface area contributed by atoms with Crippen LogP contribution in [0.2, 0.25) is 0 Å². The maximum atomic E-state index is 13.4. The number of carbonyl (C=O) groups excluding carboxylic acids is 2. The Kier molecular flexibility index (Phi) is 9.58. The van der Waals surface area contributed by atoms with Crippen molar-refractivity contribution in [3.05, 3.63) is 77.1 Å². The highest BCUT2D eigenvalue weighted by Crippen LogP contribution is 2.39. The molecule has 3 atom stereocenters. The lowest BCUT2D eigenvalue weighted by atomic mass is 9.85. The molecule has 0 spiro atoms. The molecule has 0 bridgehead atoms. The van der Waals surface area contributed by atoms with Gasteiger partial charge in [-0.2, -0.15) is 0 Å². The van der Waals surface area contributed by atoms with Gasteiger partial charge in [0.15, 0.2) is 5.65 Å². The van der Waals surface area contributed by atoms with E-state index in [0.717, 1.165) is 34.8 Å². The summed E-state index contributed by atoms with van der Waals surface area (Å²) in [5, 5.41) is 17.6. The van der Waals surface area contributed by atoms with Gasteiger partial charge >= 0.3 is 6.03 Å². The maximum absolute atomic E-state index is 13.4. The Bertz CT molecular complexity index is 1820. The summed E-state index contributed by atoms with van der Waals surface area (Å²) in [6, 6.07) is 13.2. The summed E-state index contributed by atoms with van der Waals surface area (Å²) in [4.78, 5) is 37.7. The van der Waals surface area contributed by atoms with Crippen LogP contribution in [0.25, 0.3) is 5.65 Å². The molecule has 1 unspecified atom stereocenters.